The Kier molecular flexibility index (Phi) is 9.34. The van der Waals surface area contributed by atoms with E-state index in [-0.39, 0.29) is 24.3 Å². The van der Waals surface area contributed by atoms with Crippen LogP contribution in [0.4, 0.5) is 22.0 Å². The van der Waals surface area contributed by atoms with Crippen LogP contribution in [0.2, 0.25) is 0 Å². The van der Waals surface area contributed by atoms with E-state index in [9.17, 15) is 22.0 Å². The molecule has 0 spiro atoms. The van der Waals surface area contributed by atoms with Gasteiger partial charge in [-0.1, -0.05) is 69.0 Å². The molecule has 188 valence electrons. The molecule has 0 aromatic heterocycles. The van der Waals surface area contributed by atoms with Crippen LogP contribution < -0.4 is 4.74 Å². The molecule has 7 heteroatoms. The number of halogens is 5. The average Bonchev–Trinajstić information content (AvgIpc) is 2.80. The normalized spacial score (nSPS) is 19.2. The van der Waals surface area contributed by atoms with Gasteiger partial charge in [-0.15, -0.1) is 13.2 Å². The van der Waals surface area contributed by atoms with Crippen LogP contribution in [0.15, 0.2) is 48.5 Å². The van der Waals surface area contributed by atoms with Gasteiger partial charge in [0.2, 0.25) is 0 Å². The fraction of sp³-hybridized carbons (Fsp3) is 0.556. The lowest BCUT2D eigenvalue weighted by Crippen LogP contribution is -2.20. The maximum absolute atomic E-state index is 14.5. The predicted octanol–water partition coefficient (Wildman–Crippen LogP) is 8.75. The highest BCUT2D eigenvalue weighted by atomic mass is 19.4. The van der Waals surface area contributed by atoms with Crippen molar-refractivity contribution in [2.45, 2.75) is 83.1 Å². The molecule has 2 aromatic rings. The van der Waals surface area contributed by atoms with E-state index in [0.717, 1.165) is 36.5 Å². The maximum Gasteiger partial charge on any atom is 0.573 e. The summed E-state index contributed by atoms with van der Waals surface area (Å²) in [5.41, 5.74) is 1.48. The number of hydrogen-bond acceptors (Lipinski definition) is 2. The summed E-state index contributed by atoms with van der Waals surface area (Å²) in [5, 5.41) is 0. The molecule has 1 saturated carbocycles. The second-order valence-electron chi connectivity index (χ2n) is 9.14. The van der Waals surface area contributed by atoms with Crippen LogP contribution in [-0.4, -0.2) is 13.0 Å². The van der Waals surface area contributed by atoms with Gasteiger partial charge < -0.3 is 9.47 Å². The minimum absolute atomic E-state index is 0.140. The number of unbranched alkanes of at least 4 members (excludes halogenated alkanes) is 2. The first-order valence-corrected chi connectivity index (χ1v) is 12.1. The summed E-state index contributed by atoms with van der Waals surface area (Å²) in [6.07, 6.45) is 1.70. The predicted molar refractivity (Wildman–Crippen MR) is 122 cm³/mol. The monoisotopic (exact) mass is 484 g/mol. The summed E-state index contributed by atoms with van der Waals surface area (Å²) < 4.78 is 74.3. The van der Waals surface area contributed by atoms with Crippen molar-refractivity contribution < 1.29 is 31.4 Å². The lowest BCUT2D eigenvalue weighted by atomic mass is 9.77. The maximum atomic E-state index is 14.5. The Morgan fingerprint density at radius 2 is 1.47 bits per heavy atom. The molecule has 1 fully saturated rings. The van der Waals surface area contributed by atoms with Crippen molar-refractivity contribution in [1.29, 1.82) is 0 Å². The van der Waals surface area contributed by atoms with Crippen LogP contribution >= 0.6 is 0 Å². The zero-order valence-electron chi connectivity index (χ0n) is 19.6. The highest BCUT2D eigenvalue weighted by Crippen LogP contribution is 2.39. The molecule has 0 atom stereocenters. The van der Waals surface area contributed by atoms with Gasteiger partial charge >= 0.3 is 12.5 Å². The fourth-order valence-electron chi connectivity index (χ4n) is 4.65. The van der Waals surface area contributed by atoms with Gasteiger partial charge in [0.25, 0.3) is 0 Å². The Morgan fingerprint density at radius 3 is 2.06 bits per heavy atom. The van der Waals surface area contributed by atoms with Crippen molar-refractivity contribution in [3.05, 3.63) is 65.2 Å². The van der Waals surface area contributed by atoms with E-state index in [2.05, 4.69) is 11.7 Å². The van der Waals surface area contributed by atoms with Gasteiger partial charge in [-0.25, -0.2) is 0 Å². The quantitative estimate of drug-likeness (QED) is 0.234. The standard InChI is InChI=1S/C27H33F5O2/c1-2-3-4-5-20-6-10-22(11-7-20)23-12-14-24(15-13-23)26(28,29)33-19-18-21-8-16-25(17-9-21)34-27(30,31)32/h8-9,12-17,20,22H,2-7,10-11,18-19H2,1H3/t20-,22-. The van der Waals surface area contributed by atoms with E-state index in [0.29, 0.717) is 11.5 Å². The highest BCUT2D eigenvalue weighted by molar-refractivity contribution is 5.28. The molecule has 3 rings (SSSR count). The van der Waals surface area contributed by atoms with Crippen LogP contribution in [-0.2, 0) is 17.3 Å². The molecule has 0 amide bonds. The molecule has 0 N–H and O–H groups in total. The molecule has 1 aliphatic carbocycles. The zero-order valence-corrected chi connectivity index (χ0v) is 19.6. The van der Waals surface area contributed by atoms with Crippen molar-refractivity contribution in [3.63, 3.8) is 0 Å². The lowest BCUT2D eigenvalue weighted by molar-refractivity contribution is -0.274. The molecule has 2 aromatic carbocycles. The molecule has 0 unspecified atom stereocenters. The number of ether oxygens (including phenoxy) is 2. The SMILES string of the molecule is CCCCC[C@H]1CC[C@H](c2ccc(C(F)(F)OCCc3ccc(OC(F)(F)F)cc3)cc2)CC1. The van der Waals surface area contributed by atoms with Gasteiger partial charge in [0, 0.05) is 0 Å². The third-order valence-corrected chi connectivity index (χ3v) is 6.61. The van der Waals surface area contributed by atoms with Crippen LogP contribution in [0.5, 0.6) is 5.75 Å². The molecule has 2 nitrogen and oxygen atoms in total. The average molecular weight is 485 g/mol. The summed E-state index contributed by atoms with van der Waals surface area (Å²) in [7, 11) is 0. The Morgan fingerprint density at radius 1 is 0.824 bits per heavy atom. The molecule has 0 bridgehead atoms. The number of alkyl halides is 5. The van der Waals surface area contributed by atoms with E-state index < -0.39 is 12.5 Å². The minimum Gasteiger partial charge on any atom is -0.406 e. The molecule has 0 heterocycles. The van der Waals surface area contributed by atoms with E-state index in [1.54, 1.807) is 12.1 Å². The molecular weight excluding hydrogens is 451 g/mol. The highest BCUT2D eigenvalue weighted by Gasteiger charge is 2.33. The Labute approximate surface area is 198 Å². The Bertz CT molecular complexity index is 854. The first kappa shape index (κ1) is 26.5. The van der Waals surface area contributed by atoms with E-state index in [4.69, 9.17) is 4.74 Å². The molecule has 0 radical (unpaired) electrons. The second kappa shape index (κ2) is 12.0. The molecule has 34 heavy (non-hydrogen) atoms. The molecule has 1 aliphatic rings. The van der Waals surface area contributed by atoms with Gasteiger partial charge in [0.15, 0.2) is 0 Å². The Hall–Kier alpha value is -2.15. The van der Waals surface area contributed by atoms with Crippen LogP contribution in [0.3, 0.4) is 0 Å². The van der Waals surface area contributed by atoms with Gasteiger partial charge in [-0.3, -0.25) is 0 Å². The number of rotatable bonds is 11. The first-order chi connectivity index (χ1) is 16.2. The second-order valence-corrected chi connectivity index (χ2v) is 9.14. The van der Waals surface area contributed by atoms with Crippen LogP contribution in [0.25, 0.3) is 0 Å². The number of benzene rings is 2. The van der Waals surface area contributed by atoms with Gasteiger partial charge in [0.05, 0.1) is 12.2 Å². The Balaban J connectivity index is 1.45. The fourth-order valence-corrected chi connectivity index (χ4v) is 4.65. The topological polar surface area (TPSA) is 18.5 Å². The number of hydrogen-bond donors (Lipinski definition) is 0. The van der Waals surface area contributed by atoms with Crippen molar-refractivity contribution in [1.82, 2.24) is 0 Å². The molecule has 0 aliphatic heterocycles. The third kappa shape index (κ3) is 8.26. The first-order valence-electron chi connectivity index (χ1n) is 12.1. The zero-order chi connectivity index (χ0) is 24.6. The van der Waals surface area contributed by atoms with E-state index in [1.807, 2.05) is 0 Å². The van der Waals surface area contributed by atoms with Gasteiger partial charge in [-0.05, 0) is 67.2 Å². The van der Waals surface area contributed by atoms with Gasteiger partial charge in [0.1, 0.15) is 5.75 Å². The molecular formula is C27H33F5O2. The van der Waals surface area contributed by atoms with Crippen molar-refractivity contribution in [2.24, 2.45) is 5.92 Å². The van der Waals surface area contributed by atoms with E-state index >= 15 is 0 Å². The van der Waals surface area contributed by atoms with E-state index in [1.165, 1.54) is 62.8 Å². The summed E-state index contributed by atoms with van der Waals surface area (Å²) in [5.74, 6) is 0.871. The smallest absolute Gasteiger partial charge is 0.406 e. The third-order valence-electron chi connectivity index (χ3n) is 6.61. The minimum atomic E-state index is -4.77. The lowest BCUT2D eigenvalue weighted by Gasteiger charge is -2.29. The summed E-state index contributed by atoms with van der Waals surface area (Å²) in [6, 6.07) is 11.5. The largest absolute Gasteiger partial charge is 0.573 e. The van der Waals surface area contributed by atoms with Crippen molar-refractivity contribution in [3.8, 4) is 5.75 Å². The van der Waals surface area contributed by atoms with Crippen molar-refractivity contribution >= 4 is 0 Å². The van der Waals surface area contributed by atoms with Gasteiger partial charge in [-0.2, -0.15) is 8.78 Å². The summed E-state index contributed by atoms with van der Waals surface area (Å²) in [4.78, 5) is 0. The summed E-state index contributed by atoms with van der Waals surface area (Å²) in [6.45, 7) is 1.95. The van der Waals surface area contributed by atoms with Crippen LogP contribution in [0.1, 0.15) is 80.9 Å². The van der Waals surface area contributed by atoms with Crippen molar-refractivity contribution in [2.75, 3.05) is 6.61 Å². The molecule has 0 saturated heterocycles. The summed E-state index contributed by atoms with van der Waals surface area (Å²) >= 11 is 0. The van der Waals surface area contributed by atoms with Crippen LogP contribution in [0, 0.1) is 5.92 Å².